The number of nitriles is 1. The molecule has 0 radical (unpaired) electrons. The van der Waals surface area contributed by atoms with Crippen LogP contribution in [0.15, 0.2) is 83.2 Å². The minimum Gasteiger partial charge on any atom is -0.493 e. The predicted molar refractivity (Wildman–Crippen MR) is 160 cm³/mol. The lowest BCUT2D eigenvalue weighted by Crippen LogP contribution is -2.23. The maximum absolute atomic E-state index is 13.1. The smallest absolute Gasteiger partial charge is 0.338 e. The van der Waals surface area contributed by atoms with Crippen LogP contribution in [0.3, 0.4) is 0 Å². The first kappa shape index (κ1) is 29.2. The molecule has 0 unspecified atom stereocenters. The van der Waals surface area contributed by atoms with Gasteiger partial charge >= 0.3 is 5.97 Å². The van der Waals surface area contributed by atoms with E-state index in [0.29, 0.717) is 51.4 Å². The van der Waals surface area contributed by atoms with E-state index in [1.165, 1.54) is 16.7 Å². The molecule has 208 valence electrons. The maximum Gasteiger partial charge on any atom is 0.338 e. The highest BCUT2D eigenvalue weighted by Crippen LogP contribution is 2.38. The lowest BCUT2D eigenvalue weighted by atomic mass is 10.0. The topological polar surface area (TPSA) is 101 Å². The lowest BCUT2D eigenvalue weighted by molar-refractivity contribution is -0.121. The van der Waals surface area contributed by atoms with Crippen LogP contribution < -0.4 is 9.47 Å². The predicted octanol–water partition coefficient (Wildman–Crippen LogP) is 6.28. The summed E-state index contributed by atoms with van der Waals surface area (Å²) < 4.78 is 16.8. The van der Waals surface area contributed by atoms with Crippen LogP contribution in [0, 0.1) is 11.3 Å². The molecule has 0 spiro atoms. The van der Waals surface area contributed by atoms with Gasteiger partial charge in [0.05, 0.1) is 41.5 Å². The first-order valence-corrected chi connectivity index (χ1v) is 13.7. The molecule has 0 aliphatic carbocycles. The van der Waals surface area contributed by atoms with Crippen LogP contribution in [0.4, 0.5) is 5.69 Å². The van der Waals surface area contributed by atoms with Gasteiger partial charge in [-0.25, -0.2) is 9.79 Å². The van der Waals surface area contributed by atoms with Crippen LogP contribution >= 0.6 is 11.8 Å². The Hall–Kier alpha value is -4.81. The summed E-state index contributed by atoms with van der Waals surface area (Å²) in [6.45, 7) is 6.12. The molecule has 9 heteroatoms. The average molecular weight is 568 g/mol. The number of thioether (sulfide) groups is 1. The number of amides is 1. The molecule has 3 aromatic carbocycles. The number of benzene rings is 3. The number of carbonyl (C=O) groups excluding carboxylic acids is 2. The number of carbonyl (C=O) groups is 2. The highest BCUT2D eigenvalue weighted by atomic mass is 32.2. The van der Waals surface area contributed by atoms with Crippen molar-refractivity contribution < 1.29 is 23.8 Å². The van der Waals surface area contributed by atoms with Gasteiger partial charge in [-0.1, -0.05) is 24.3 Å². The average Bonchev–Trinajstić information content (AvgIpc) is 3.24. The number of rotatable bonds is 10. The van der Waals surface area contributed by atoms with Gasteiger partial charge in [0.25, 0.3) is 5.91 Å². The quantitative estimate of drug-likeness (QED) is 0.161. The molecule has 1 fully saturated rings. The normalized spacial score (nSPS) is 14.7. The maximum atomic E-state index is 13.1. The summed E-state index contributed by atoms with van der Waals surface area (Å²) in [4.78, 5) is 31.6. The van der Waals surface area contributed by atoms with E-state index in [0.717, 1.165) is 16.7 Å². The van der Waals surface area contributed by atoms with Gasteiger partial charge in [0.1, 0.15) is 6.61 Å². The number of nitrogens with zero attached hydrogens (tertiary/aromatic N) is 3. The zero-order chi connectivity index (χ0) is 29.4. The van der Waals surface area contributed by atoms with Crippen molar-refractivity contribution >= 4 is 40.6 Å². The van der Waals surface area contributed by atoms with Crippen molar-refractivity contribution in [2.45, 2.75) is 20.0 Å². The second kappa shape index (κ2) is 13.5. The first-order valence-electron chi connectivity index (χ1n) is 12.8. The summed E-state index contributed by atoms with van der Waals surface area (Å²) >= 11 is 1.26. The Balaban J connectivity index is 1.59. The van der Waals surface area contributed by atoms with E-state index in [1.807, 2.05) is 30.3 Å². The van der Waals surface area contributed by atoms with Crippen molar-refractivity contribution in [3.05, 3.63) is 106 Å². The number of likely N-dealkylation sites (N-methyl/N-ethyl adjacent to an activating group) is 1. The lowest BCUT2D eigenvalue weighted by Gasteiger charge is -2.16. The molecule has 0 N–H and O–H groups in total. The molecule has 8 nitrogen and oxygen atoms in total. The van der Waals surface area contributed by atoms with E-state index >= 15 is 0 Å². The standard InChI is InChI=1S/C32H29N3O5S/c1-5-9-23-16-21(17-27(38-4)29(23)40-20-25-11-8-7-10-24(25)19-33)18-28-30(36)35(3)32(41-28)34-26-14-12-22(13-15-26)31(37)39-6-2/h5,7-8,10-18H,1,6,9,20H2,2-4H3/b28-18-,34-32?. The van der Waals surface area contributed by atoms with Crippen LogP contribution in [0.1, 0.15) is 39.5 Å². The molecule has 1 heterocycles. The molecule has 1 saturated heterocycles. The van der Waals surface area contributed by atoms with E-state index in [1.54, 1.807) is 63.6 Å². The fourth-order valence-corrected chi connectivity index (χ4v) is 5.08. The van der Waals surface area contributed by atoms with Gasteiger partial charge in [0.2, 0.25) is 0 Å². The summed E-state index contributed by atoms with van der Waals surface area (Å²) in [5.74, 6) is 0.479. The number of esters is 1. The molecular weight excluding hydrogens is 538 g/mol. The Morgan fingerprint density at radius 3 is 2.59 bits per heavy atom. The summed E-state index contributed by atoms with van der Waals surface area (Å²) in [6.07, 6.45) is 4.07. The number of hydrogen-bond donors (Lipinski definition) is 0. The molecular formula is C32H29N3O5S. The number of ether oxygens (including phenoxy) is 3. The Bertz CT molecular complexity index is 1570. The van der Waals surface area contributed by atoms with Crippen molar-refractivity contribution in [3.8, 4) is 17.6 Å². The van der Waals surface area contributed by atoms with Crippen molar-refractivity contribution in [1.29, 1.82) is 5.26 Å². The molecule has 1 aliphatic heterocycles. The van der Waals surface area contributed by atoms with Crippen molar-refractivity contribution in [3.63, 3.8) is 0 Å². The highest BCUT2D eigenvalue weighted by molar-refractivity contribution is 8.18. The van der Waals surface area contributed by atoms with Crippen molar-refractivity contribution in [1.82, 2.24) is 4.90 Å². The molecule has 0 atom stereocenters. The third-order valence-corrected chi connectivity index (χ3v) is 7.21. The summed E-state index contributed by atoms with van der Waals surface area (Å²) in [6, 6.07) is 19.9. The van der Waals surface area contributed by atoms with E-state index in [2.05, 4.69) is 17.6 Å². The zero-order valence-electron chi connectivity index (χ0n) is 23.0. The highest BCUT2D eigenvalue weighted by Gasteiger charge is 2.30. The van der Waals surface area contributed by atoms with Crippen LogP contribution in [0.5, 0.6) is 11.5 Å². The van der Waals surface area contributed by atoms with Crippen LogP contribution in [-0.2, 0) is 22.6 Å². The first-order chi connectivity index (χ1) is 19.9. The largest absolute Gasteiger partial charge is 0.493 e. The Morgan fingerprint density at radius 1 is 1.15 bits per heavy atom. The summed E-state index contributed by atoms with van der Waals surface area (Å²) in [7, 11) is 3.23. The molecule has 0 saturated carbocycles. The Labute approximate surface area is 243 Å². The van der Waals surface area contributed by atoms with Gasteiger partial charge < -0.3 is 14.2 Å². The second-order valence-electron chi connectivity index (χ2n) is 8.90. The van der Waals surface area contributed by atoms with Crippen LogP contribution in [0.25, 0.3) is 6.08 Å². The summed E-state index contributed by atoms with van der Waals surface area (Å²) in [5.41, 5.74) is 3.95. The van der Waals surface area contributed by atoms with E-state index in [4.69, 9.17) is 14.2 Å². The van der Waals surface area contributed by atoms with E-state index in [-0.39, 0.29) is 12.5 Å². The van der Waals surface area contributed by atoms with Gasteiger partial charge in [-0.15, -0.1) is 6.58 Å². The minimum atomic E-state index is -0.394. The SMILES string of the molecule is C=CCc1cc(/C=C2\SC(=Nc3ccc(C(=O)OCC)cc3)N(C)C2=O)cc(OC)c1OCc1ccccc1C#N. The van der Waals surface area contributed by atoms with Crippen molar-refractivity contribution in [2.24, 2.45) is 4.99 Å². The fourth-order valence-electron chi connectivity index (χ4n) is 4.09. The van der Waals surface area contributed by atoms with Crippen LogP contribution in [-0.4, -0.2) is 42.7 Å². The van der Waals surface area contributed by atoms with Crippen molar-refractivity contribution in [2.75, 3.05) is 20.8 Å². The number of amidine groups is 1. The third kappa shape index (κ3) is 6.86. The van der Waals surface area contributed by atoms with Gasteiger partial charge in [-0.05, 0) is 79.2 Å². The Morgan fingerprint density at radius 2 is 1.90 bits per heavy atom. The third-order valence-electron chi connectivity index (χ3n) is 6.15. The number of hydrogen-bond acceptors (Lipinski definition) is 8. The van der Waals surface area contributed by atoms with Gasteiger partial charge in [-0.3, -0.25) is 9.69 Å². The molecule has 3 aromatic rings. The van der Waals surface area contributed by atoms with E-state index in [9.17, 15) is 14.9 Å². The number of aliphatic imine (C=N–C) groups is 1. The Kier molecular flexibility index (Phi) is 9.61. The molecule has 0 bridgehead atoms. The monoisotopic (exact) mass is 567 g/mol. The molecule has 0 aromatic heterocycles. The molecule has 41 heavy (non-hydrogen) atoms. The van der Waals surface area contributed by atoms with E-state index < -0.39 is 5.97 Å². The van der Waals surface area contributed by atoms with Gasteiger partial charge in [0.15, 0.2) is 16.7 Å². The van der Waals surface area contributed by atoms with Gasteiger partial charge in [-0.2, -0.15) is 5.26 Å². The summed E-state index contributed by atoms with van der Waals surface area (Å²) in [5, 5.41) is 9.92. The minimum absolute atomic E-state index is 0.186. The number of methoxy groups -OCH3 is 1. The second-order valence-corrected chi connectivity index (χ2v) is 9.91. The fraction of sp³-hybridized carbons (Fsp3) is 0.188. The molecule has 4 rings (SSSR count). The number of allylic oxidation sites excluding steroid dienone is 1. The zero-order valence-corrected chi connectivity index (χ0v) is 23.9. The molecule has 1 amide bonds. The van der Waals surface area contributed by atoms with Crippen LogP contribution in [0.2, 0.25) is 0 Å². The molecule has 1 aliphatic rings. The van der Waals surface area contributed by atoms with Gasteiger partial charge in [0, 0.05) is 18.2 Å².